The Kier molecular flexibility index (Phi) is 6.22. The quantitative estimate of drug-likeness (QED) is 0.794. The smallest absolute Gasteiger partial charge is 0.262 e. The Morgan fingerprint density at radius 2 is 2.00 bits per heavy atom. The van der Waals surface area contributed by atoms with Crippen LogP contribution < -0.4 is 5.32 Å². The second kappa shape index (κ2) is 7.77. The van der Waals surface area contributed by atoms with E-state index in [0.29, 0.717) is 11.4 Å². The minimum atomic E-state index is -3.64. The van der Waals surface area contributed by atoms with E-state index in [1.807, 2.05) is 20.8 Å². The van der Waals surface area contributed by atoms with Crippen molar-refractivity contribution in [3.05, 3.63) is 16.3 Å². The van der Waals surface area contributed by atoms with Gasteiger partial charge < -0.3 is 5.32 Å². The number of amides is 1. The second-order valence-electron chi connectivity index (χ2n) is 6.19. The predicted octanol–water partition coefficient (Wildman–Crippen LogP) is 3.23. The summed E-state index contributed by atoms with van der Waals surface area (Å²) in [7, 11) is -3.64. The Morgan fingerprint density at radius 3 is 2.61 bits per heavy atom. The second-order valence-corrected chi connectivity index (χ2v) is 8.92. The molecular formula is C16H26N2O3S2. The SMILES string of the molecule is CCCCNC(=O)c1sccc1S(=O)(=O)N1C(C)CCCC1C. The molecule has 1 N–H and O–H groups in total. The number of hydrogen-bond acceptors (Lipinski definition) is 4. The number of rotatable bonds is 6. The van der Waals surface area contributed by atoms with E-state index in [-0.39, 0.29) is 22.9 Å². The molecule has 2 rings (SSSR count). The Balaban J connectivity index is 2.27. The molecule has 23 heavy (non-hydrogen) atoms. The van der Waals surface area contributed by atoms with E-state index in [0.717, 1.165) is 32.1 Å². The molecule has 7 heteroatoms. The van der Waals surface area contributed by atoms with Crippen molar-refractivity contribution in [1.29, 1.82) is 0 Å². The van der Waals surface area contributed by atoms with Crippen molar-refractivity contribution in [2.45, 2.75) is 69.9 Å². The molecule has 0 radical (unpaired) electrons. The number of nitrogens with zero attached hydrogens (tertiary/aromatic N) is 1. The van der Waals surface area contributed by atoms with Crippen LogP contribution >= 0.6 is 11.3 Å². The highest BCUT2D eigenvalue weighted by atomic mass is 32.2. The molecule has 0 bridgehead atoms. The lowest BCUT2D eigenvalue weighted by Crippen LogP contribution is -2.47. The van der Waals surface area contributed by atoms with E-state index >= 15 is 0 Å². The highest BCUT2D eigenvalue weighted by Gasteiger charge is 2.38. The highest BCUT2D eigenvalue weighted by Crippen LogP contribution is 2.32. The highest BCUT2D eigenvalue weighted by molar-refractivity contribution is 7.89. The first kappa shape index (κ1) is 18.4. The maximum absolute atomic E-state index is 13.1. The van der Waals surface area contributed by atoms with Crippen LogP contribution in [-0.4, -0.2) is 37.3 Å². The fourth-order valence-corrected chi connectivity index (χ4v) is 6.31. The van der Waals surface area contributed by atoms with Crippen molar-refractivity contribution < 1.29 is 13.2 Å². The van der Waals surface area contributed by atoms with Crippen molar-refractivity contribution >= 4 is 27.3 Å². The van der Waals surface area contributed by atoms with Gasteiger partial charge in [-0.15, -0.1) is 11.3 Å². The van der Waals surface area contributed by atoms with Crippen LogP contribution in [0.25, 0.3) is 0 Å². The van der Waals surface area contributed by atoms with Crippen LogP contribution in [0.5, 0.6) is 0 Å². The number of hydrogen-bond donors (Lipinski definition) is 1. The van der Waals surface area contributed by atoms with Gasteiger partial charge in [-0.05, 0) is 44.6 Å². The van der Waals surface area contributed by atoms with E-state index in [1.54, 1.807) is 15.8 Å². The number of carbonyl (C=O) groups is 1. The van der Waals surface area contributed by atoms with Crippen LogP contribution in [-0.2, 0) is 10.0 Å². The lowest BCUT2D eigenvalue weighted by atomic mass is 10.0. The van der Waals surface area contributed by atoms with Gasteiger partial charge in [0.2, 0.25) is 10.0 Å². The van der Waals surface area contributed by atoms with Crippen LogP contribution in [0.2, 0.25) is 0 Å². The predicted molar refractivity (Wildman–Crippen MR) is 93.4 cm³/mol. The third kappa shape index (κ3) is 3.95. The topological polar surface area (TPSA) is 66.5 Å². The first-order chi connectivity index (χ1) is 10.9. The van der Waals surface area contributed by atoms with Gasteiger partial charge in [0.15, 0.2) is 0 Å². The van der Waals surface area contributed by atoms with Crippen LogP contribution in [0.1, 0.15) is 62.5 Å². The summed E-state index contributed by atoms with van der Waals surface area (Å²) in [6.45, 7) is 6.51. The van der Waals surface area contributed by atoms with E-state index in [2.05, 4.69) is 5.32 Å². The zero-order chi connectivity index (χ0) is 17.0. The monoisotopic (exact) mass is 358 g/mol. The van der Waals surface area contributed by atoms with Crippen LogP contribution in [0.15, 0.2) is 16.3 Å². The number of unbranched alkanes of at least 4 members (excludes halogenated alkanes) is 1. The molecule has 0 saturated carbocycles. The van der Waals surface area contributed by atoms with Gasteiger partial charge >= 0.3 is 0 Å². The molecule has 1 saturated heterocycles. The molecule has 5 nitrogen and oxygen atoms in total. The molecule has 1 fully saturated rings. The molecule has 0 aromatic carbocycles. The zero-order valence-corrected chi connectivity index (χ0v) is 15.7. The molecule has 2 atom stereocenters. The summed E-state index contributed by atoms with van der Waals surface area (Å²) >= 11 is 1.19. The Labute approximate surface area is 143 Å². The van der Waals surface area contributed by atoms with Gasteiger partial charge in [-0.1, -0.05) is 19.8 Å². The van der Waals surface area contributed by atoms with Crippen molar-refractivity contribution in [2.75, 3.05) is 6.54 Å². The number of nitrogens with one attached hydrogen (secondary N) is 1. The largest absolute Gasteiger partial charge is 0.351 e. The van der Waals surface area contributed by atoms with Crippen molar-refractivity contribution in [3.8, 4) is 0 Å². The zero-order valence-electron chi connectivity index (χ0n) is 14.0. The van der Waals surface area contributed by atoms with Crippen LogP contribution in [0, 0.1) is 0 Å². The normalized spacial score (nSPS) is 22.9. The molecular weight excluding hydrogens is 332 g/mol. The number of piperidine rings is 1. The summed E-state index contributed by atoms with van der Waals surface area (Å²) < 4.78 is 27.7. The van der Waals surface area contributed by atoms with Crippen LogP contribution in [0.3, 0.4) is 0 Å². The third-order valence-electron chi connectivity index (χ3n) is 4.32. The van der Waals surface area contributed by atoms with E-state index in [4.69, 9.17) is 0 Å². The Bertz CT molecular complexity index is 630. The molecule has 0 spiro atoms. The minimum Gasteiger partial charge on any atom is -0.351 e. The van der Waals surface area contributed by atoms with Gasteiger partial charge in [-0.3, -0.25) is 4.79 Å². The van der Waals surface area contributed by atoms with Gasteiger partial charge in [0.1, 0.15) is 9.77 Å². The summed E-state index contributed by atoms with van der Waals surface area (Å²) in [5.41, 5.74) is 0. The summed E-state index contributed by atoms with van der Waals surface area (Å²) in [6.07, 6.45) is 4.65. The summed E-state index contributed by atoms with van der Waals surface area (Å²) in [4.78, 5) is 12.8. The fraction of sp³-hybridized carbons (Fsp3) is 0.688. The maximum Gasteiger partial charge on any atom is 0.262 e. The number of sulfonamides is 1. The molecule has 2 unspecified atom stereocenters. The fourth-order valence-electron chi connectivity index (χ4n) is 3.11. The number of carbonyl (C=O) groups excluding carboxylic acids is 1. The lowest BCUT2D eigenvalue weighted by molar-refractivity contribution is 0.0953. The average Bonchev–Trinajstić information content (AvgIpc) is 2.97. The Hall–Kier alpha value is -0.920. The average molecular weight is 359 g/mol. The van der Waals surface area contributed by atoms with Gasteiger partial charge in [0, 0.05) is 18.6 Å². The van der Waals surface area contributed by atoms with Gasteiger partial charge in [-0.2, -0.15) is 4.31 Å². The first-order valence-electron chi connectivity index (χ1n) is 8.28. The molecule has 130 valence electrons. The Morgan fingerprint density at radius 1 is 1.35 bits per heavy atom. The minimum absolute atomic E-state index is 0.0281. The lowest BCUT2D eigenvalue weighted by Gasteiger charge is -2.37. The summed E-state index contributed by atoms with van der Waals surface area (Å²) in [5.74, 6) is -0.288. The van der Waals surface area contributed by atoms with Crippen molar-refractivity contribution in [3.63, 3.8) is 0 Å². The maximum atomic E-state index is 13.1. The van der Waals surface area contributed by atoms with Gasteiger partial charge in [0.25, 0.3) is 5.91 Å². The van der Waals surface area contributed by atoms with Crippen molar-refractivity contribution in [1.82, 2.24) is 9.62 Å². The molecule has 1 aromatic rings. The molecule has 2 heterocycles. The third-order valence-corrected chi connectivity index (χ3v) is 7.53. The molecule has 1 aliphatic heterocycles. The van der Waals surface area contributed by atoms with Gasteiger partial charge in [0.05, 0.1) is 0 Å². The van der Waals surface area contributed by atoms with Gasteiger partial charge in [-0.25, -0.2) is 8.42 Å². The molecule has 0 aliphatic carbocycles. The van der Waals surface area contributed by atoms with E-state index in [1.165, 1.54) is 11.3 Å². The van der Waals surface area contributed by atoms with E-state index in [9.17, 15) is 13.2 Å². The first-order valence-corrected chi connectivity index (χ1v) is 10.6. The number of thiophene rings is 1. The summed E-state index contributed by atoms with van der Waals surface area (Å²) in [6, 6.07) is 1.50. The molecule has 1 aliphatic rings. The standard InChI is InChI=1S/C16H26N2O3S2/c1-4-5-10-17-16(19)15-14(9-11-22-15)23(20,21)18-12(2)7-6-8-13(18)3/h9,11-13H,4-8,10H2,1-3H3,(H,17,19). The van der Waals surface area contributed by atoms with Crippen molar-refractivity contribution in [2.24, 2.45) is 0 Å². The van der Waals surface area contributed by atoms with Crippen LogP contribution in [0.4, 0.5) is 0 Å². The van der Waals surface area contributed by atoms with E-state index < -0.39 is 10.0 Å². The molecule has 1 amide bonds. The summed E-state index contributed by atoms with van der Waals surface area (Å²) in [5, 5.41) is 4.49. The molecule has 1 aromatic heterocycles.